The molecule has 9 heteroatoms. The molecule has 0 aromatic rings. The first-order chi connectivity index (χ1) is 11.2. The first-order valence-electron chi connectivity index (χ1n) is 7.70. The molecule has 2 N–H and O–H groups in total. The fraction of sp³-hybridized carbons (Fsp3) is 0.733. The van der Waals surface area contributed by atoms with Gasteiger partial charge in [-0.2, -0.15) is 23.4 Å². The van der Waals surface area contributed by atoms with E-state index >= 15 is 0 Å². The van der Waals surface area contributed by atoms with E-state index in [-0.39, 0.29) is 19.4 Å². The van der Waals surface area contributed by atoms with Gasteiger partial charge >= 0.3 is 6.18 Å². The highest BCUT2D eigenvalue weighted by atomic mass is 19.4. The Balaban J connectivity index is 1.83. The first-order valence-corrected chi connectivity index (χ1v) is 7.70. The normalized spacial score (nSPS) is 24.8. The number of terminal acetylenes is 1. The quantitative estimate of drug-likeness (QED) is 0.692. The third-order valence-electron chi connectivity index (χ3n) is 4.45. The Morgan fingerprint density at radius 1 is 1.38 bits per heavy atom. The first kappa shape index (κ1) is 18.2. The van der Waals surface area contributed by atoms with Gasteiger partial charge in [0, 0.05) is 45.2 Å². The summed E-state index contributed by atoms with van der Waals surface area (Å²) in [4.78, 5) is 23.1. The molecule has 0 aromatic heterocycles. The number of halogens is 3. The summed E-state index contributed by atoms with van der Waals surface area (Å²) in [5.74, 6) is 1.35. The molecular formula is C15H19F3N4O2. The fourth-order valence-corrected chi connectivity index (χ4v) is 2.73. The predicted molar refractivity (Wildman–Crippen MR) is 78.6 cm³/mol. The molecule has 0 aromatic carbocycles. The highest BCUT2D eigenvalue weighted by Gasteiger charge is 2.56. The number of carbonyl (C=O) groups is 2. The minimum Gasteiger partial charge on any atom is -0.356 e. The van der Waals surface area contributed by atoms with Gasteiger partial charge in [-0.05, 0) is 6.42 Å². The molecule has 24 heavy (non-hydrogen) atoms. The molecule has 1 fully saturated rings. The Kier molecular flexibility index (Phi) is 5.16. The second kappa shape index (κ2) is 6.79. The summed E-state index contributed by atoms with van der Waals surface area (Å²) in [5.41, 5.74) is -2.79. The Hall–Kier alpha value is -2.11. The van der Waals surface area contributed by atoms with Crippen LogP contribution in [0, 0.1) is 17.8 Å². The van der Waals surface area contributed by atoms with Crippen LogP contribution in [0.5, 0.6) is 0 Å². The van der Waals surface area contributed by atoms with Gasteiger partial charge in [0.15, 0.2) is 5.66 Å². The van der Waals surface area contributed by atoms with Crippen LogP contribution < -0.4 is 10.6 Å². The lowest BCUT2D eigenvalue weighted by atomic mass is 9.76. The van der Waals surface area contributed by atoms with Gasteiger partial charge in [-0.15, -0.1) is 12.3 Å². The molecule has 0 radical (unpaired) electrons. The molecule has 2 heterocycles. The SMILES string of the molecule is C#CCCC1(CCNC(=O)CC2(C(F)(F)F)CCC(=O)NC2)N=N1. The number of nitrogens with one attached hydrogen (secondary N) is 2. The van der Waals surface area contributed by atoms with E-state index < -0.39 is 42.0 Å². The average Bonchev–Trinajstić information content (AvgIpc) is 3.27. The van der Waals surface area contributed by atoms with Crippen molar-refractivity contribution in [3.63, 3.8) is 0 Å². The molecule has 0 bridgehead atoms. The van der Waals surface area contributed by atoms with Crippen molar-refractivity contribution in [2.75, 3.05) is 13.1 Å². The highest BCUT2D eigenvalue weighted by molar-refractivity contribution is 5.79. The highest BCUT2D eigenvalue weighted by Crippen LogP contribution is 2.46. The second-order valence-corrected chi connectivity index (χ2v) is 6.22. The third-order valence-corrected chi connectivity index (χ3v) is 4.45. The van der Waals surface area contributed by atoms with Crippen molar-refractivity contribution in [3.8, 4) is 12.3 Å². The number of hydrogen-bond acceptors (Lipinski definition) is 4. The van der Waals surface area contributed by atoms with Gasteiger partial charge in [0.2, 0.25) is 11.8 Å². The number of amides is 2. The molecule has 6 nitrogen and oxygen atoms in total. The van der Waals surface area contributed by atoms with Crippen molar-refractivity contribution >= 4 is 11.8 Å². The smallest absolute Gasteiger partial charge is 0.356 e. The summed E-state index contributed by atoms with van der Waals surface area (Å²) in [7, 11) is 0. The molecule has 132 valence electrons. The van der Waals surface area contributed by atoms with Gasteiger partial charge in [-0.25, -0.2) is 0 Å². The van der Waals surface area contributed by atoms with Crippen molar-refractivity contribution < 1.29 is 22.8 Å². The van der Waals surface area contributed by atoms with Crippen LogP contribution in [0.25, 0.3) is 0 Å². The minimum atomic E-state index is -4.56. The Bertz CT molecular complexity index is 564. The molecule has 2 aliphatic rings. The Morgan fingerprint density at radius 3 is 2.58 bits per heavy atom. The lowest BCUT2D eigenvalue weighted by molar-refractivity contribution is -0.230. The van der Waals surface area contributed by atoms with Gasteiger partial charge in [0.25, 0.3) is 0 Å². The molecule has 2 aliphatic heterocycles. The summed E-state index contributed by atoms with van der Waals surface area (Å²) >= 11 is 0. The minimum absolute atomic E-state index is 0.177. The lowest BCUT2D eigenvalue weighted by Crippen LogP contribution is -2.53. The summed E-state index contributed by atoms with van der Waals surface area (Å²) in [6.45, 7) is -0.393. The largest absolute Gasteiger partial charge is 0.396 e. The average molecular weight is 344 g/mol. The van der Waals surface area contributed by atoms with Crippen LogP contribution in [-0.4, -0.2) is 36.7 Å². The Morgan fingerprint density at radius 2 is 2.08 bits per heavy atom. The second-order valence-electron chi connectivity index (χ2n) is 6.22. The number of nitrogens with zero attached hydrogens (tertiary/aromatic N) is 2. The lowest BCUT2D eigenvalue weighted by Gasteiger charge is -2.38. The van der Waals surface area contributed by atoms with Crippen LogP contribution in [0.4, 0.5) is 13.2 Å². The summed E-state index contributed by atoms with van der Waals surface area (Å²) in [5, 5.41) is 12.5. The monoisotopic (exact) mass is 344 g/mol. The Labute approximate surface area is 137 Å². The number of rotatable bonds is 7. The van der Waals surface area contributed by atoms with E-state index in [1.807, 2.05) is 0 Å². The summed E-state index contributed by atoms with van der Waals surface area (Å²) in [6, 6.07) is 0. The predicted octanol–water partition coefficient (Wildman–Crippen LogP) is 1.92. The molecule has 1 saturated heterocycles. The van der Waals surface area contributed by atoms with E-state index in [4.69, 9.17) is 6.42 Å². The molecule has 0 spiro atoms. The van der Waals surface area contributed by atoms with E-state index in [1.54, 1.807) is 0 Å². The standard InChI is InChI=1S/C15H19F3N4O2/c1-2-3-5-14(21-22-14)7-8-19-12(24)9-13(15(16,17)18)6-4-11(23)20-10-13/h1H,3-10H2,(H,19,24)(H,20,23). The van der Waals surface area contributed by atoms with Gasteiger partial charge < -0.3 is 10.6 Å². The third kappa shape index (κ3) is 4.24. The van der Waals surface area contributed by atoms with Crippen LogP contribution in [0.2, 0.25) is 0 Å². The van der Waals surface area contributed by atoms with Crippen molar-refractivity contribution in [1.29, 1.82) is 0 Å². The van der Waals surface area contributed by atoms with Crippen LogP contribution in [-0.2, 0) is 9.59 Å². The van der Waals surface area contributed by atoms with E-state index in [9.17, 15) is 22.8 Å². The van der Waals surface area contributed by atoms with Gasteiger partial charge in [0.1, 0.15) is 0 Å². The van der Waals surface area contributed by atoms with E-state index in [1.165, 1.54) is 0 Å². The molecule has 2 rings (SSSR count). The van der Waals surface area contributed by atoms with Gasteiger partial charge in [-0.1, -0.05) is 0 Å². The van der Waals surface area contributed by atoms with Crippen molar-refractivity contribution in [2.24, 2.45) is 15.6 Å². The van der Waals surface area contributed by atoms with Gasteiger partial charge in [-0.3, -0.25) is 9.59 Å². The maximum atomic E-state index is 13.4. The van der Waals surface area contributed by atoms with Crippen LogP contribution in [0.1, 0.15) is 38.5 Å². The molecule has 0 aliphatic carbocycles. The maximum absolute atomic E-state index is 13.4. The van der Waals surface area contributed by atoms with Gasteiger partial charge in [0.05, 0.1) is 5.41 Å². The number of alkyl halides is 3. The zero-order valence-corrected chi connectivity index (χ0v) is 13.1. The van der Waals surface area contributed by atoms with Crippen molar-refractivity contribution in [1.82, 2.24) is 10.6 Å². The molecule has 1 atom stereocenters. The zero-order valence-electron chi connectivity index (χ0n) is 13.1. The molecule has 2 amide bonds. The molecular weight excluding hydrogens is 325 g/mol. The molecule has 1 unspecified atom stereocenters. The van der Waals surface area contributed by atoms with E-state index in [0.29, 0.717) is 19.3 Å². The number of carbonyl (C=O) groups excluding carboxylic acids is 2. The number of hydrogen-bond donors (Lipinski definition) is 2. The van der Waals surface area contributed by atoms with Crippen molar-refractivity contribution in [3.05, 3.63) is 0 Å². The fourth-order valence-electron chi connectivity index (χ4n) is 2.73. The van der Waals surface area contributed by atoms with E-state index in [2.05, 4.69) is 26.8 Å². The van der Waals surface area contributed by atoms with Crippen LogP contribution >= 0.6 is 0 Å². The number of piperidine rings is 1. The van der Waals surface area contributed by atoms with Crippen molar-refractivity contribution in [2.45, 2.75) is 50.4 Å². The summed E-state index contributed by atoms with van der Waals surface area (Å²) in [6.07, 6.45) is 0.761. The molecule has 0 saturated carbocycles. The summed E-state index contributed by atoms with van der Waals surface area (Å²) < 4.78 is 40.1. The maximum Gasteiger partial charge on any atom is 0.396 e. The topological polar surface area (TPSA) is 82.9 Å². The van der Waals surface area contributed by atoms with E-state index in [0.717, 1.165) is 0 Å². The van der Waals surface area contributed by atoms with Crippen LogP contribution in [0.3, 0.4) is 0 Å². The zero-order chi connectivity index (χ0) is 17.8. The van der Waals surface area contributed by atoms with Crippen LogP contribution in [0.15, 0.2) is 10.2 Å².